The second-order valence-electron chi connectivity index (χ2n) is 3.26. The third kappa shape index (κ3) is 2.29. The van der Waals surface area contributed by atoms with Crippen LogP contribution in [0.25, 0.3) is 0 Å². The summed E-state index contributed by atoms with van der Waals surface area (Å²) in [4.78, 5) is -0.0447. The fraction of sp³-hybridized carbons (Fsp3) is 0.300. The van der Waals surface area contributed by atoms with E-state index in [1.807, 2.05) is 0 Å². The lowest BCUT2D eigenvalue weighted by Gasteiger charge is -2.10. The topological polar surface area (TPSA) is 84.0 Å². The van der Waals surface area contributed by atoms with Gasteiger partial charge in [0.05, 0.1) is 16.0 Å². The summed E-state index contributed by atoms with van der Waals surface area (Å²) in [6.45, 7) is 1.64. The number of nitrogen functional groups attached to an aromatic ring is 1. The lowest BCUT2D eigenvalue weighted by atomic mass is 10.3. The van der Waals surface area contributed by atoms with E-state index in [1.54, 1.807) is 13.0 Å². The predicted octanol–water partition coefficient (Wildman–Crippen LogP) is 2.00. The van der Waals surface area contributed by atoms with Gasteiger partial charge in [0.15, 0.2) is 15.1 Å². The van der Waals surface area contributed by atoms with Gasteiger partial charge in [-0.05, 0) is 24.6 Å². The van der Waals surface area contributed by atoms with Gasteiger partial charge in [-0.15, -0.1) is 0 Å². The number of benzene rings is 1. The second-order valence-corrected chi connectivity index (χ2v) is 5.77. The van der Waals surface area contributed by atoms with E-state index in [2.05, 4.69) is 0 Å². The van der Waals surface area contributed by atoms with Crippen molar-refractivity contribution in [3.63, 3.8) is 0 Å². The highest BCUT2D eigenvalue weighted by Gasteiger charge is 2.27. The first kappa shape index (κ1) is 12.8. The van der Waals surface area contributed by atoms with Gasteiger partial charge in [0.25, 0.3) is 0 Å². The minimum Gasteiger partial charge on any atom is -0.399 e. The van der Waals surface area contributed by atoms with Gasteiger partial charge in [-0.3, -0.25) is 0 Å². The van der Waals surface area contributed by atoms with Crippen molar-refractivity contribution in [1.29, 1.82) is 5.26 Å². The molecule has 0 saturated heterocycles. The van der Waals surface area contributed by atoms with E-state index in [-0.39, 0.29) is 16.3 Å². The number of nitrogens with two attached hydrogens (primary N) is 1. The van der Waals surface area contributed by atoms with Gasteiger partial charge >= 0.3 is 0 Å². The molecule has 86 valence electrons. The number of sulfone groups is 1. The van der Waals surface area contributed by atoms with Crippen LogP contribution >= 0.6 is 11.6 Å². The Morgan fingerprint density at radius 3 is 2.62 bits per heavy atom. The molecule has 2 N–H and O–H groups in total. The predicted molar refractivity (Wildman–Crippen MR) is 62.7 cm³/mol. The highest BCUT2D eigenvalue weighted by Crippen LogP contribution is 2.27. The molecule has 0 bridgehead atoms. The standard InChI is InChI=1S/C10H11ClN2O2S/c1-2-8(6-12)16(14,15)10-4-3-7(13)5-9(10)11/h3-5,8H,2,13H2,1H3. The molecule has 0 saturated carbocycles. The molecule has 0 aromatic heterocycles. The number of nitriles is 1. The maximum atomic E-state index is 12.0. The van der Waals surface area contributed by atoms with Crippen LogP contribution in [-0.2, 0) is 9.84 Å². The van der Waals surface area contributed by atoms with E-state index in [0.717, 1.165) is 0 Å². The van der Waals surface area contributed by atoms with E-state index in [1.165, 1.54) is 18.2 Å². The molecule has 0 amide bonds. The highest BCUT2D eigenvalue weighted by molar-refractivity contribution is 7.92. The van der Waals surface area contributed by atoms with Crippen LogP contribution in [0.5, 0.6) is 0 Å². The lowest BCUT2D eigenvalue weighted by molar-refractivity contribution is 0.587. The SMILES string of the molecule is CCC(C#N)S(=O)(=O)c1ccc(N)cc1Cl. The number of anilines is 1. The van der Waals surface area contributed by atoms with Crippen molar-refractivity contribution in [1.82, 2.24) is 0 Å². The zero-order chi connectivity index (χ0) is 12.3. The molecule has 6 heteroatoms. The molecule has 0 aliphatic carbocycles. The number of nitrogens with zero attached hydrogens (tertiary/aromatic N) is 1. The summed E-state index contributed by atoms with van der Waals surface area (Å²) in [5.41, 5.74) is 5.85. The molecule has 0 aliphatic heterocycles. The Labute approximate surface area is 99.6 Å². The lowest BCUT2D eigenvalue weighted by Crippen LogP contribution is -2.19. The Hall–Kier alpha value is -1.25. The molecule has 1 aromatic rings. The molecule has 0 aliphatic rings. The quantitative estimate of drug-likeness (QED) is 0.841. The van der Waals surface area contributed by atoms with Crippen LogP contribution in [-0.4, -0.2) is 13.7 Å². The first-order chi connectivity index (χ1) is 7.43. The van der Waals surface area contributed by atoms with E-state index in [4.69, 9.17) is 22.6 Å². The van der Waals surface area contributed by atoms with Crippen molar-refractivity contribution < 1.29 is 8.42 Å². The van der Waals surface area contributed by atoms with Gasteiger partial charge < -0.3 is 5.73 Å². The first-order valence-corrected chi connectivity index (χ1v) is 6.54. The molecular formula is C10H11ClN2O2S. The van der Waals surface area contributed by atoms with Crippen LogP contribution in [0.2, 0.25) is 5.02 Å². The summed E-state index contributed by atoms with van der Waals surface area (Å²) in [7, 11) is -3.70. The van der Waals surface area contributed by atoms with Crippen molar-refractivity contribution in [3.05, 3.63) is 23.2 Å². The molecule has 1 rings (SSSR count). The van der Waals surface area contributed by atoms with E-state index in [0.29, 0.717) is 5.69 Å². The maximum absolute atomic E-state index is 12.0. The molecule has 1 aromatic carbocycles. The Balaban J connectivity index is 3.34. The minimum atomic E-state index is -3.70. The van der Waals surface area contributed by atoms with Crippen molar-refractivity contribution in [2.45, 2.75) is 23.5 Å². The highest BCUT2D eigenvalue weighted by atomic mass is 35.5. The number of hydrogen-bond acceptors (Lipinski definition) is 4. The van der Waals surface area contributed by atoms with Crippen LogP contribution in [0.15, 0.2) is 23.1 Å². The molecule has 0 heterocycles. The van der Waals surface area contributed by atoms with E-state index in [9.17, 15) is 8.42 Å². The average molecular weight is 259 g/mol. The van der Waals surface area contributed by atoms with Gasteiger partial charge in [0, 0.05) is 5.69 Å². The minimum absolute atomic E-state index is 0.0447. The molecule has 0 fully saturated rings. The van der Waals surface area contributed by atoms with Crippen molar-refractivity contribution in [3.8, 4) is 6.07 Å². The molecule has 16 heavy (non-hydrogen) atoms. The van der Waals surface area contributed by atoms with Gasteiger partial charge in [0.1, 0.15) is 0 Å². The third-order valence-corrected chi connectivity index (χ3v) is 4.73. The van der Waals surface area contributed by atoms with Crippen molar-refractivity contribution in [2.24, 2.45) is 0 Å². The summed E-state index contributed by atoms with van der Waals surface area (Å²) in [5, 5.41) is 7.75. The zero-order valence-electron chi connectivity index (χ0n) is 8.64. The van der Waals surface area contributed by atoms with Crippen LogP contribution < -0.4 is 5.73 Å². The molecular weight excluding hydrogens is 248 g/mol. The summed E-state index contributed by atoms with van der Waals surface area (Å²) in [6, 6.07) is 5.89. The molecule has 0 spiro atoms. The molecule has 1 atom stereocenters. The van der Waals surface area contributed by atoms with Crippen LogP contribution in [0, 0.1) is 11.3 Å². The van der Waals surface area contributed by atoms with Gasteiger partial charge in [-0.1, -0.05) is 18.5 Å². The van der Waals surface area contributed by atoms with E-state index >= 15 is 0 Å². The molecule has 0 radical (unpaired) electrons. The molecule has 1 unspecified atom stereocenters. The average Bonchev–Trinajstić information content (AvgIpc) is 2.18. The van der Waals surface area contributed by atoms with Gasteiger partial charge in [0.2, 0.25) is 0 Å². The largest absolute Gasteiger partial charge is 0.399 e. The van der Waals surface area contributed by atoms with Gasteiger partial charge in [-0.2, -0.15) is 5.26 Å². The fourth-order valence-corrected chi connectivity index (χ4v) is 3.27. The first-order valence-electron chi connectivity index (χ1n) is 4.62. The zero-order valence-corrected chi connectivity index (χ0v) is 10.2. The van der Waals surface area contributed by atoms with Crippen molar-refractivity contribution in [2.75, 3.05) is 5.73 Å². The van der Waals surface area contributed by atoms with Crippen LogP contribution in [0.3, 0.4) is 0 Å². The molecule has 4 nitrogen and oxygen atoms in total. The fourth-order valence-electron chi connectivity index (χ4n) is 1.28. The van der Waals surface area contributed by atoms with Crippen LogP contribution in [0.4, 0.5) is 5.69 Å². The third-order valence-electron chi connectivity index (χ3n) is 2.15. The summed E-state index contributed by atoms with van der Waals surface area (Å²) in [6.07, 6.45) is 0.222. The number of halogens is 1. The Morgan fingerprint density at radius 1 is 1.56 bits per heavy atom. The number of hydrogen-bond donors (Lipinski definition) is 1. The smallest absolute Gasteiger partial charge is 0.196 e. The second kappa shape index (κ2) is 4.73. The Morgan fingerprint density at radius 2 is 2.19 bits per heavy atom. The summed E-state index contributed by atoms with van der Waals surface area (Å²) < 4.78 is 24.0. The number of rotatable bonds is 3. The normalized spacial score (nSPS) is 13.1. The Bertz CT molecular complexity index is 534. The monoisotopic (exact) mass is 258 g/mol. The maximum Gasteiger partial charge on any atom is 0.196 e. The van der Waals surface area contributed by atoms with Crippen LogP contribution in [0.1, 0.15) is 13.3 Å². The summed E-state index contributed by atoms with van der Waals surface area (Å²) in [5.74, 6) is 0. The van der Waals surface area contributed by atoms with Crippen molar-refractivity contribution >= 4 is 27.1 Å². The Kier molecular flexibility index (Phi) is 3.79. The summed E-state index contributed by atoms with van der Waals surface area (Å²) >= 11 is 5.80. The van der Waals surface area contributed by atoms with Gasteiger partial charge in [-0.25, -0.2) is 8.42 Å². The van der Waals surface area contributed by atoms with E-state index < -0.39 is 15.1 Å².